The zero-order chi connectivity index (χ0) is 11.4. The molecule has 0 atom stereocenters. The van der Waals surface area contributed by atoms with Gasteiger partial charge in [0.25, 0.3) is 0 Å². The number of rotatable bonds is 1. The van der Waals surface area contributed by atoms with E-state index in [4.69, 9.17) is 0 Å². The molecule has 0 aromatic carbocycles. The SMILES string of the molecule is CC(=O)N=C(c1ccn[nH]1)N(C)C(C)=O. The van der Waals surface area contributed by atoms with Crippen molar-refractivity contribution in [1.82, 2.24) is 15.1 Å². The van der Waals surface area contributed by atoms with E-state index >= 15 is 0 Å². The van der Waals surface area contributed by atoms with Crippen LogP contribution in [0.1, 0.15) is 19.5 Å². The second-order valence-electron chi connectivity index (χ2n) is 3.00. The summed E-state index contributed by atoms with van der Waals surface area (Å²) in [6, 6.07) is 1.64. The van der Waals surface area contributed by atoms with Crippen LogP contribution in [-0.2, 0) is 9.59 Å². The molecule has 80 valence electrons. The summed E-state index contributed by atoms with van der Waals surface area (Å²) in [6.45, 7) is 2.72. The second-order valence-corrected chi connectivity index (χ2v) is 3.00. The van der Waals surface area contributed by atoms with Gasteiger partial charge in [-0.2, -0.15) is 10.1 Å². The number of H-pyrrole nitrogens is 1. The maximum atomic E-state index is 11.2. The van der Waals surface area contributed by atoms with Crippen molar-refractivity contribution in [2.75, 3.05) is 7.05 Å². The van der Waals surface area contributed by atoms with Gasteiger partial charge < -0.3 is 0 Å². The molecule has 0 unspecified atom stereocenters. The minimum atomic E-state index is -0.368. The molecule has 1 rings (SSSR count). The molecule has 0 radical (unpaired) electrons. The van der Waals surface area contributed by atoms with Crippen LogP contribution < -0.4 is 0 Å². The van der Waals surface area contributed by atoms with Gasteiger partial charge in [0.1, 0.15) is 5.69 Å². The molecule has 6 heteroatoms. The monoisotopic (exact) mass is 208 g/mol. The fraction of sp³-hybridized carbons (Fsp3) is 0.333. The van der Waals surface area contributed by atoms with Crippen molar-refractivity contribution in [1.29, 1.82) is 0 Å². The number of hydrogen-bond donors (Lipinski definition) is 1. The maximum absolute atomic E-state index is 11.2. The summed E-state index contributed by atoms with van der Waals surface area (Å²) >= 11 is 0. The Morgan fingerprint density at radius 1 is 1.47 bits per heavy atom. The standard InChI is InChI=1S/C9H12N4O2/c1-6(14)11-9(13(3)7(2)15)8-4-5-10-12-8/h4-5H,1-3H3,(H,10,12). The maximum Gasteiger partial charge on any atom is 0.244 e. The summed E-state index contributed by atoms with van der Waals surface area (Å²) < 4.78 is 0. The van der Waals surface area contributed by atoms with Gasteiger partial charge >= 0.3 is 0 Å². The molecule has 1 N–H and O–H groups in total. The Balaban J connectivity index is 3.10. The van der Waals surface area contributed by atoms with Gasteiger partial charge in [-0.3, -0.25) is 19.6 Å². The minimum absolute atomic E-state index is 0.204. The third-order valence-corrected chi connectivity index (χ3v) is 1.80. The Hall–Kier alpha value is -1.98. The highest BCUT2D eigenvalue weighted by molar-refractivity contribution is 6.09. The van der Waals surface area contributed by atoms with Crippen molar-refractivity contribution in [2.45, 2.75) is 13.8 Å². The lowest BCUT2D eigenvalue weighted by molar-refractivity contribution is -0.124. The predicted molar refractivity (Wildman–Crippen MR) is 54.2 cm³/mol. The van der Waals surface area contributed by atoms with E-state index in [-0.39, 0.29) is 17.6 Å². The first kappa shape index (κ1) is 11.1. The van der Waals surface area contributed by atoms with Gasteiger partial charge in [-0.15, -0.1) is 0 Å². The molecule has 0 saturated heterocycles. The first-order valence-electron chi connectivity index (χ1n) is 4.35. The van der Waals surface area contributed by atoms with Crippen LogP contribution in [0.5, 0.6) is 0 Å². The fourth-order valence-corrected chi connectivity index (χ4v) is 0.995. The van der Waals surface area contributed by atoms with Crippen LogP contribution in [-0.4, -0.2) is 39.8 Å². The molecular weight excluding hydrogens is 196 g/mol. The first-order valence-corrected chi connectivity index (χ1v) is 4.35. The Labute approximate surface area is 87.0 Å². The van der Waals surface area contributed by atoms with Crippen LogP contribution >= 0.6 is 0 Å². The second kappa shape index (κ2) is 4.50. The van der Waals surface area contributed by atoms with Crippen LogP contribution in [0.15, 0.2) is 17.3 Å². The lowest BCUT2D eigenvalue weighted by Gasteiger charge is -2.15. The van der Waals surface area contributed by atoms with Crippen LogP contribution in [0.2, 0.25) is 0 Å². The average Bonchev–Trinajstić information content (AvgIpc) is 2.65. The number of aliphatic imine (C=N–C) groups is 1. The highest BCUT2D eigenvalue weighted by Gasteiger charge is 2.14. The number of nitrogens with one attached hydrogen (secondary N) is 1. The van der Waals surface area contributed by atoms with Gasteiger partial charge in [0.15, 0.2) is 5.84 Å². The number of carbonyl (C=O) groups is 2. The largest absolute Gasteiger partial charge is 0.298 e. The summed E-state index contributed by atoms with van der Waals surface area (Å²) in [7, 11) is 1.55. The van der Waals surface area contributed by atoms with E-state index < -0.39 is 0 Å². The van der Waals surface area contributed by atoms with E-state index in [2.05, 4.69) is 15.2 Å². The highest BCUT2D eigenvalue weighted by atomic mass is 16.2. The van der Waals surface area contributed by atoms with Crippen molar-refractivity contribution < 1.29 is 9.59 Å². The van der Waals surface area contributed by atoms with Crippen molar-refractivity contribution in [3.05, 3.63) is 18.0 Å². The fourth-order valence-electron chi connectivity index (χ4n) is 0.995. The van der Waals surface area contributed by atoms with Crippen molar-refractivity contribution in [2.24, 2.45) is 4.99 Å². The molecule has 15 heavy (non-hydrogen) atoms. The van der Waals surface area contributed by atoms with E-state index in [1.54, 1.807) is 13.1 Å². The molecule has 1 aromatic rings. The number of amidine groups is 1. The molecule has 1 aromatic heterocycles. The van der Waals surface area contributed by atoms with Crippen molar-refractivity contribution >= 4 is 17.6 Å². The van der Waals surface area contributed by atoms with Crippen LogP contribution in [0.3, 0.4) is 0 Å². The third kappa shape index (κ3) is 2.73. The van der Waals surface area contributed by atoms with E-state index in [0.29, 0.717) is 5.69 Å². The van der Waals surface area contributed by atoms with Crippen LogP contribution in [0.4, 0.5) is 0 Å². The number of hydrogen-bond acceptors (Lipinski definition) is 3. The average molecular weight is 208 g/mol. The predicted octanol–water partition coefficient (Wildman–Crippen LogP) is 0.181. The first-order chi connectivity index (χ1) is 7.02. The molecular formula is C9H12N4O2. The van der Waals surface area contributed by atoms with Gasteiger partial charge in [0, 0.05) is 27.1 Å². The van der Waals surface area contributed by atoms with E-state index in [1.807, 2.05) is 0 Å². The number of aromatic amines is 1. The minimum Gasteiger partial charge on any atom is -0.298 e. The van der Waals surface area contributed by atoms with Gasteiger partial charge in [-0.1, -0.05) is 0 Å². The zero-order valence-corrected chi connectivity index (χ0v) is 8.81. The highest BCUT2D eigenvalue weighted by Crippen LogP contribution is 2.01. The molecule has 0 saturated carbocycles. The lowest BCUT2D eigenvalue weighted by atomic mass is 10.3. The van der Waals surface area contributed by atoms with Crippen molar-refractivity contribution in [3.63, 3.8) is 0 Å². The number of nitrogens with zero attached hydrogens (tertiary/aromatic N) is 3. The van der Waals surface area contributed by atoms with Crippen molar-refractivity contribution in [3.8, 4) is 0 Å². The molecule has 2 amide bonds. The molecule has 0 bridgehead atoms. The molecule has 6 nitrogen and oxygen atoms in total. The lowest BCUT2D eigenvalue weighted by Crippen LogP contribution is -2.32. The Bertz CT molecular complexity index is 394. The molecule has 1 heterocycles. The quantitative estimate of drug-likeness (QED) is 0.528. The Morgan fingerprint density at radius 3 is 2.53 bits per heavy atom. The topological polar surface area (TPSA) is 78.4 Å². The normalized spacial score (nSPS) is 11.3. The van der Waals surface area contributed by atoms with E-state index in [0.717, 1.165) is 0 Å². The van der Waals surface area contributed by atoms with Gasteiger partial charge in [-0.25, -0.2) is 0 Å². The smallest absolute Gasteiger partial charge is 0.244 e. The van der Waals surface area contributed by atoms with Gasteiger partial charge in [0.2, 0.25) is 11.8 Å². The zero-order valence-electron chi connectivity index (χ0n) is 8.81. The summed E-state index contributed by atoms with van der Waals surface area (Å²) in [5, 5.41) is 6.39. The molecule has 0 aliphatic heterocycles. The number of carbonyl (C=O) groups excluding carboxylic acids is 2. The summed E-state index contributed by atoms with van der Waals surface area (Å²) in [6.07, 6.45) is 1.53. The van der Waals surface area contributed by atoms with Gasteiger partial charge in [-0.05, 0) is 6.07 Å². The van der Waals surface area contributed by atoms with E-state index in [9.17, 15) is 9.59 Å². The summed E-state index contributed by atoms with van der Waals surface area (Å²) in [4.78, 5) is 27.1. The third-order valence-electron chi connectivity index (χ3n) is 1.80. The van der Waals surface area contributed by atoms with E-state index in [1.165, 1.54) is 24.9 Å². The molecule has 0 spiro atoms. The van der Waals surface area contributed by atoms with Gasteiger partial charge in [0.05, 0.1) is 0 Å². The molecule has 0 aliphatic carbocycles. The Kier molecular flexibility index (Phi) is 3.33. The molecule has 0 fully saturated rings. The van der Waals surface area contributed by atoms with Crippen LogP contribution in [0, 0.1) is 0 Å². The summed E-state index contributed by atoms with van der Waals surface area (Å²) in [5.41, 5.74) is 0.530. The number of aromatic nitrogens is 2. The molecule has 0 aliphatic rings. The van der Waals surface area contributed by atoms with Crippen LogP contribution in [0.25, 0.3) is 0 Å². The number of amides is 2. The Morgan fingerprint density at radius 2 is 2.13 bits per heavy atom. The summed E-state index contributed by atoms with van der Waals surface area (Å²) in [5.74, 6) is -0.301.